The van der Waals surface area contributed by atoms with Gasteiger partial charge in [0.25, 0.3) is 0 Å². The predicted octanol–water partition coefficient (Wildman–Crippen LogP) is 5.92. The van der Waals surface area contributed by atoms with E-state index in [4.69, 9.17) is 4.74 Å². The van der Waals surface area contributed by atoms with Crippen LogP contribution < -0.4 is 9.99 Å². The molecule has 0 saturated carbocycles. The van der Waals surface area contributed by atoms with Crippen molar-refractivity contribution >= 4 is 64.6 Å². The maximum absolute atomic E-state index is 12.1. The summed E-state index contributed by atoms with van der Waals surface area (Å²) in [5, 5.41) is 15.4. The smallest absolute Gasteiger partial charge is 0.128 e. The van der Waals surface area contributed by atoms with Crippen molar-refractivity contribution in [3.8, 4) is 5.75 Å². The predicted molar refractivity (Wildman–Crippen MR) is 151 cm³/mol. The first kappa shape index (κ1) is 31.7. The van der Waals surface area contributed by atoms with Crippen molar-refractivity contribution in [3.63, 3.8) is 0 Å². The van der Waals surface area contributed by atoms with Crippen LogP contribution in [0.15, 0.2) is 51.1 Å². The van der Waals surface area contributed by atoms with E-state index in [2.05, 4.69) is 16.3 Å². The van der Waals surface area contributed by atoms with Gasteiger partial charge in [-0.25, -0.2) is 16.8 Å². The molecule has 4 aromatic rings. The monoisotopic (exact) mass is 623 g/mol. The second-order valence-electron chi connectivity index (χ2n) is 9.98. The summed E-state index contributed by atoms with van der Waals surface area (Å²) in [6.07, 6.45) is 11.6. The molecule has 0 bridgehead atoms. The molecule has 0 radical (unpaired) electrons. The number of hydrogen-bond donors (Lipinski definition) is 0. The third-order valence-corrected chi connectivity index (χ3v) is 9.59. The highest BCUT2D eigenvalue weighted by molar-refractivity contribution is 7.94. The molecule has 0 aromatic heterocycles. The van der Waals surface area contributed by atoms with Crippen LogP contribution in [-0.2, 0) is 29.6 Å². The van der Waals surface area contributed by atoms with Gasteiger partial charge in [0.1, 0.15) is 26.0 Å². The van der Waals surface area contributed by atoms with Gasteiger partial charge in [0.05, 0.1) is 33.3 Å². The van der Waals surface area contributed by atoms with Crippen molar-refractivity contribution in [2.45, 2.75) is 85.8 Å². The Labute approximate surface area is 243 Å². The number of hydrogen-bond acceptors (Lipinski definition) is 11. The van der Waals surface area contributed by atoms with Crippen LogP contribution >= 0.6 is 12.0 Å². The molecule has 13 heteroatoms. The fraction of sp³-hybridized carbons (Fsp3) is 0.429. The average molecular weight is 624 g/mol. The highest BCUT2D eigenvalue weighted by atomic mass is 32.2. The van der Waals surface area contributed by atoms with Gasteiger partial charge < -0.3 is 19.1 Å². The SMILES string of the molecule is CCCCCCCCCCCCOc1cc(SOO[O-])c2ccc3c(S(=O)(=O)[O-])cc(S(=O)(=O)[O-])c4ccc1c2c43. The lowest BCUT2D eigenvalue weighted by molar-refractivity contribution is -0.777. The molecule has 0 saturated heterocycles. The van der Waals surface area contributed by atoms with Gasteiger partial charge in [-0.2, -0.15) is 4.33 Å². The molecule has 4 aromatic carbocycles. The quantitative estimate of drug-likeness (QED) is 0.0342. The zero-order valence-corrected chi connectivity index (χ0v) is 25.0. The standard InChI is InChI=1S/C28H34O10S3/c1-2-3-4-5-6-7-8-9-10-11-16-36-23-17-24(39-38-37-29)20-13-15-22-26(41(33,34)35)18-25(40(30,31)32)21-14-12-19(23)27(20)28(21)22/h12-15,17-18,29H,2-11,16H2,1H3,(H,30,31,32)(H,33,34,35)/p-3. The minimum Gasteiger partial charge on any atom is -0.744 e. The molecule has 0 spiro atoms. The largest absolute Gasteiger partial charge is 0.744 e. The molecule has 0 amide bonds. The Morgan fingerprint density at radius 2 is 1.17 bits per heavy atom. The van der Waals surface area contributed by atoms with Gasteiger partial charge in [0.2, 0.25) is 0 Å². The maximum Gasteiger partial charge on any atom is 0.128 e. The lowest BCUT2D eigenvalue weighted by Crippen LogP contribution is -2.07. The van der Waals surface area contributed by atoms with E-state index in [9.17, 15) is 31.2 Å². The van der Waals surface area contributed by atoms with E-state index in [1.807, 2.05) is 0 Å². The molecular formula is C28H31O10S3-3. The Morgan fingerprint density at radius 1 is 0.683 bits per heavy atom. The molecule has 0 fully saturated rings. The molecular weight excluding hydrogens is 592 g/mol. The van der Waals surface area contributed by atoms with Crippen molar-refractivity contribution in [2.75, 3.05) is 6.61 Å². The first-order valence-corrected chi connectivity index (χ1v) is 17.1. The van der Waals surface area contributed by atoms with Gasteiger partial charge in [0, 0.05) is 26.9 Å². The molecule has 10 nitrogen and oxygen atoms in total. The molecule has 0 atom stereocenters. The number of rotatable bonds is 17. The molecule has 0 heterocycles. The van der Waals surface area contributed by atoms with Crippen LogP contribution in [0.2, 0.25) is 0 Å². The minimum atomic E-state index is -5.15. The van der Waals surface area contributed by atoms with Crippen LogP contribution in [0.5, 0.6) is 5.75 Å². The Bertz CT molecular complexity index is 1650. The number of benzene rings is 4. The van der Waals surface area contributed by atoms with Crippen LogP contribution in [0.25, 0.3) is 32.3 Å². The molecule has 0 aliphatic carbocycles. The fourth-order valence-corrected chi connectivity index (χ4v) is 7.28. The van der Waals surface area contributed by atoms with Crippen LogP contribution in [0.3, 0.4) is 0 Å². The fourth-order valence-electron chi connectivity index (χ4n) is 5.29. The van der Waals surface area contributed by atoms with Crippen molar-refractivity contribution < 1.29 is 45.3 Å². The van der Waals surface area contributed by atoms with Gasteiger partial charge in [-0.3, -0.25) is 5.04 Å². The third-order valence-electron chi connectivity index (χ3n) is 7.19. The summed E-state index contributed by atoms with van der Waals surface area (Å²) in [6, 6.07) is 8.09. The molecule has 41 heavy (non-hydrogen) atoms. The number of unbranched alkanes of at least 4 members (excludes halogenated alkanes) is 9. The van der Waals surface area contributed by atoms with Crippen LogP contribution in [0.4, 0.5) is 0 Å². The van der Waals surface area contributed by atoms with Gasteiger partial charge in [-0.15, -0.1) is 0 Å². The summed E-state index contributed by atoms with van der Waals surface area (Å²) in [6.45, 7) is 2.58. The highest BCUT2D eigenvalue weighted by Crippen LogP contribution is 2.46. The van der Waals surface area contributed by atoms with E-state index in [0.29, 0.717) is 51.5 Å². The van der Waals surface area contributed by atoms with Crippen LogP contribution in [-0.4, -0.2) is 32.5 Å². The van der Waals surface area contributed by atoms with Crippen molar-refractivity contribution in [2.24, 2.45) is 0 Å². The van der Waals surface area contributed by atoms with E-state index in [1.54, 1.807) is 12.1 Å². The second-order valence-corrected chi connectivity index (χ2v) is 13.4. The van der Waals surface area contributed by atoms with Gasteiger partial charge in [-0.1, -0.05) is 82.9 Å². The Kier molecular flexibility index (Phi) is 10.7. The topological polar surface area (TPSA) is 165 Å². The Balaban J connectivity index is 1.68. The Hall–Kier alpha value is -2.23. The first-order chi connectivity index (χ1) is 19.6. The van der Waals surface area contributed by atoms with Crippen LogP contribution in [0.1, 0.15) is 71.1 Å². The molecule has 0 unspecified atom stereocenters. The molecule has 0 N–H and O–H groups in total. The van der Waals surface area contributed by atoms with Gasteiger partial charge in [0.15, 0.2) is 0 Å². The molecule has 0 aliphatic rings. The van der Waals surface area contributed by atoms with E-state index < -0.39 is 30.0 Å². The lowest BCUT2D eigenvalue weighted by atomic mass is 9.93. The average Bonchev–Trinajstić information content (AvgIpc) is 2.92. The molecule has 0 aliphatic heterocycles. The molecule has 4 rings (SSSR count). The van der Waals surface area contributed by atoms with Crippen molar-refractivity contribution in [1.29, 1.82) is 0 Å². The van der Waals surface area contributed by atoms with Crippen LogP contribution in [0, 0.1) is 0 Å². The second kappa shape index (κ2) is 13.8. The molecule has 224 valence electrons. The highest BCUT2D eigenvalue weighted by Gasteiger charge is 2.23. The zero-order valence-electron chi connectivity index (χ0n) is 22.5. The summed E-state index contributed by atoms with van der Waals surface area (Å²) in [4.78, 5) is -1.28. The maximum atomic E-state index is 12.1. The summed E-state index contributed by atoms with van der Waals surface area (Å²) < 4.78 is 83.3. The summed E-state index contributed by atoms with van der Waals surface area (Å²) in [7, 11) is -10.3. The zero-order chi connectivity index (χ0) is 29.6. The van der Waals surface area contributed by atoms with Gasteiger partial charge >= 0.3 is 0 Å². The van der Waals surface area contributed by atoms with Gasteiger partial charge in [-0.05, 0) is 30.0 Å². The Morgan fingerprint density at radius 3 is 1.71 bits per heavy atom. The first-order valence-electron chi connectivity index (χ1n) is 13.5. The lowest BCUT2D eigenvalue weighted by Gasteiger charge is -2.22. The van der Waals surface area contributed by atoms with Crippen molar-refractivity contribution in [1.82, 2.24) is 0 Å². The summed E-state index contributed by atoms with van der Waals surface area (Å²) in [5.41, 5.74) is 0. The van der Waals surface area contributed by atoms with E-state index in [-0.39, 0.29) is 16.2 Å². The van der Waals surface area contributed by atoms with E-state index >= 15 is 0 Å². The van der Waals surface area contributed by atoms with E-state index in [1.165, 1.54) is 56.7 Å². The summed E-state index contributed by atoms with van der Waals surface area (Å²) in [5.74, 6) is 0.377. The minimum absolute atomic E-state index is 0.0377. The number of ether oxygens (including phenoxy) is 1. The summed E-state index contributed by atoms with van der Waals surface area (Å²) >= 11 is 0.592. The third kappa shape index (κ3) is 7.41. The van der Waals surface area contributed by atoms with E-state index in [0.717, 1.165) is 25.7 Å². The van der Waals surface area contributed by atoms with Crippen molar-refractivity contribution in [3.05, 3.63) is 36.4 Å². The normalized spacial score (nSPS) is 12.7.